The summed E-state index contributed by atoms with van der Waals surface area (Å²) in [5, 5.41) is 0. The summed E-state index contributed by atoms with van der Waals surface area (Å²) in [4.78, 5) is 0. The van der Waals surface area contributed by atoms with Gasteiger partial charge in [0.1, 0.15) is 0 Å². The highest BCUT2D eigenvalue weighted by atomic mass is 19.1. The second kappa shape index (κ2) is 2.43. The Balaban J connectivity index is 2.99. The van der Waals surface area contributed by atoms with Gasteiger partial charge < -0.3 is 4.32 Å². The van der Waals surface area contributed by atoms with Crippen molar-refractivity contribution < 1.29 is 4.32 Å². The Morgan fingerprint density at radius 1 is 1.17 bits per heavy atom. The van der Waals surface area contributed by atoms with E-state index in [9.17, 15) is 4.32 Å². The van der Waals surface area contributed by atoms with Gasteiger partial charge in [-0.25, -0.2) is 0 Å². The van der Waals surface area contributed by atoms with E-state index in [0.717, 1.165) is 0 Å². The van der Waals surface area contributed by atoms with E-state index in [2.05, 4.69) is 7.74 Å². The van der Waals surface area contributed by atoms with Gasteiger partial charge in [0.15, 0.2) is 0 Å². The van der Waals surface area contributed by atoms with Gasteiger partial charge in [-0.1, -0.05) is 0 Å². The van der Waals surface area contributed by atoms with Crippen LogP contribution in [0.3, 0.4) is 0 Å². The minimum Gasteiger partial charge on any atom is -0.361 e. The lowest BCUT2D eigenvalue weighted by Crippen LogP contribution is -2.33. The molecule has 0 aliphatic rings. The molecule has 0 amide bonds. The zero-order valence-electron chi connectivity index (χ0n) is 3.26. The lowest BCUT2D eigenvalue weighted by atomic mass is 8.94. The van der Waals surface area contributed by atoms with Crippen LogP contribution in [-0.2, 0) is 0 Å². The van der Waals surface area contributed by atoms with Gasteiger partial charge in [-0.2, -0.15) is 0 Å². The molecule has 0 saturated heterocycles. The van der Waals surface area contributed by atoms with E-state index >= 15 is 0 Å². The van der Waals surface area contributed by atoms with E-state index in [-0.39, 0.29) is 0 Å². The predicted molar refractivity (Wildman–Crippen MR) is 29.9 cm³/mol. The van der Waals surface area contributed by atoms with Crippen molar-refractivity contribution >= 4 is 36.4 Å². The molecular weight excluding hydrogens is 73.1 g/mol. The van der Waals surface area contributed by atoms with Crippen molar-refractivity contribution in [3.8, 4) is 0 Å². The molecule has 6 heteroatoms. The monoisotopic (exact) mass is 74.0 g/mol. The molecule has 0 spiro atoms. The highest BCUT2D eigenvalue weighted by Gasteiger charge is 2.08. The smallest absolute Gasteiger partial charge is 0.239 e. The molecule has 6 heavy (non-hydrogen) atoms. The first kappa shape index (κ1) is 6.25. The molecule has 6 radical (unpaired) electrons. The molecular formula is B5F. The molecule has 0 rings (SSSR count). The lowest BCUT2D eigenvalue weighted by molar-refractivity contribution is 0.883. The summed E-state index contributed by atoms with van der Waals surface area (Å²) in [5.74, 6) is 0. The average Bonchev–Trinajstić information content (AvgIpc) is 1.36. The molecule has 22 valence electrons. The molecule has 0 aromatic heterocycles. The molecule has 0 aromatic carbocycles. The van der Waals surface area contributed by atoms with Crippen molar-refractivity contribution in [3.63, 3.8) is 0 Å². The maximum atomic E-state index is 11.4. The zero-order chi connectivity index (χ0) is 5.15. The van der Waals surface area contributed by atoms with Crippen molar-refractivity contribution in [1.29, 1.82) is 0 Å². The number of hydrogen-bond donors (Lipinski definition) is 0. The van der Waals surface area contributed by atoms with E-state index in [0.29, 0.717) is 0 Å². The highest BCUT2D eigenvalue weighted by Crippen LogP contribution is 1.73. The molecule has 0 saturated carbocycles. The fourth-order valence-corrected chi connectivity index (χ4v) is 0. The topological polar surface area (TPSA) is 0 Å². The van der Waals surface area contributed by atoms with Crippen LogP contribution in [0.25, 0.3) is 0 Å². The lowest BCUT2D eigenvalue weighted by Gasteiger charge is -1.94. The summed E-state index contributed by atoms with van der Waals surface area (Å²) in [5.41, 5.74) is 0. The Bertz CT molecular complexity index is 24.9. The minimum absolute atomic E-state index is 1.04. The van der Waals surface area contributed by atoms with Crippen molar-refractivity contribution in [2.45, 2.75) is 0 Å². The Morgan fingerprint density at radius 3 is 1.33 bits per heavy atom. The van der Waals surface area contributed by atoms with Gasteiger partial charge in [0.25, 0.3) is 0 Å². The van der Waals surface area contributed by atoms with Crippen LogP contribution in [0.2, 0.25) is 0 Å². The molecule has 0 nitrogen and oxygen atoms in total. The summed E-state index contributed by atoms with van der Waals surface area (Å²) in [6.07, 6.45) is -1.04. The summed E-state index contributed by atoms with van der Waals surface area (Å²) in [6, 6.07) is 0. The highest BCUT2D eigenvalue weighted by molar-refractivity contribution is 7.64. The van der Waals surface area contributed by atoms with Crippen molar-refractivity contribution in [2.75, 3.05) is 0 Å². The van der Waals surface area contributed by atoms with Crippen LogP contribution in [-0.4, -0.2) is 36.4 Å². The molecule has 0 aliphatic carbocycles. The van der Waals surface area contributed by atoms with Gasteiger partial charge >= 0.3 is 0 Å². The van der Waals surface area contributed by atoms with Gasteiger partial charge in [-0.3, -0.25) is 0 Å². The van der Waals surface area contributed by atoms with E-state index in [4.69, 9.17) is 15.5 Å². The Hall–Kier alpha value is 0.255. The number of rotatable bonds is 1. The normalized spacial score (nSPS) is 7.50. The maximum Gasteiger partial charge on any atom is 0.239 e. The summed E-state index contributed by atoms with van der Waals surface area (Å²) >= 11 is 0. The van der Waals surface area contributed by atoms with Gasteiger partial charge in [0.05, 0.1) is 14.1 Å². The molecule has 0 heterocycles. The van der Waals surface area contributed by atoms with Crippen LogP contribution < -0.4 is 0 Å². The summed E-state index contributed by atoms with van der Waals surface area (Å²) < 4.78 is 11.4. The Labute approximate surface area is 41.6 Å². The van der Waals surface area contributed by atoms with Gasteiger partial charge in [0.2, 0.25) is 6.77 Å². The fraction of sp³-hybridized carbons (Fsp3) is 0. The first-order chi connectivity index (χ1) is 2.64. The van der Waals surface area contributed by atoms with Crippen molar-refractivity contribution in [3.05, 3.63) is 0 Å². The third-order valence-corrected chi connectivity index (χ3v) is 0.368. The van der Waals surface area contributed by atoms with E-state index in [1.165, 1.54) is 0 Å². The van der Waals surface area contributed by atoms with Crippen LogP contribution in [0.1, 0.15) is 0 Å². The average molecular weight is 73.1 g/mol. The Kier molecular flexibility index (Phi) is 2.53. The van der Waals surface area contributed by atoms with Crippen LogP contribution in [0, 0.1) is 0 Å². The fourth-order valence-electron chi connectivity index (χ4n) is 0. The van der Waals surface area contributed by atoms with Crippen molar-refractivity contribution in [1.82, 2.24) is 0 Å². The van der Waals surface area contributed by atoms with Gasteiger partial charge in [-0.05, 0) is 0 Å². The van der Waals surface area contributed by atoms with E-state index < -0.39 is 13.2 Å². The van der Waals surface area contributed by atoms with Crippen LogP contribution in [0.4, 0.5) is 4.32 Å². The zero-order valence-corrected chi connectivity index (χ0v) is 3.26. The minimum atomic E-state index is -1.59. The molecule has 0 fully saturated rings. The third-order valence-electron chi connectivity index (χ3n) is 0.368. The molecule has 0 unspecified atom stereocenters. The van der Waals surface area contributed by atoms with Crippen LogP contribution >= 0.6 is 0 Å². The van der Waals surface area contributed by atoms with Gasteiger partial charge in [-0.15, -0.1) is 0 Å². The molecule has 0 atom stereocenters. The molecule has 0 aliphatic heterocycles. The van der Waals surface area contributed by atoms with Crippen LogP contribution in [0.5, 0.6) is 0 Å². The van der Waals surface area contributed by atoms with E-state index in [1.54, 1.807) is 0 Å². The van der Waals surface area contributed by atoms with E-state index in [1.807, 2.05) is 0 Å². The molecule has 0 N–H and O–H groups in total. The number of hydrogen-bond acceptors (Lipinski definition) is 0. The second-order valence-corrected chi connectivity index (χ2v) is 1.02. The molecule has 0 aromatic rings. The third kappa shape index (κ3) is 2.49. The summed E-state index contributed by atoms with van der Waals surface area (Å²) in [7, 11) is 13.9. The quantitative estimate of drug-likeness (QED) is 0.332. The standard InChI is InChI=1S/B5F/c1-4(2)5(3)6. The Morgan fingerprint density at radius 2 is 1.33 bits per heavy atom. The van der Waals surface area contributed by atoms with Crippen molar-refractivity contribution in [2.24, 2.45) is 0 Å². The number of halogens is 1. The molecule has 0 bridgehead atoms. The van der Waals surface area contributed by atoms with Gasteiger partial charge in [0, 0.05) is 15.5 Å². The maximum absolute atomic E-state index is 11.4. The SMILES string of the molecule is [B]B([B])B([B])F. The second-order valence-electron chi connectivity index (χ2n) is 1.02. The summed E-state index contributed by atoms with van der Waals surface area (Å²) in [6.45, 7) is -1.59. The predicted octanol–water partition coefficient (Wildman–Crippen LogP) is -1.48. The van der Waals surface area contributed by atoms with Crippen LogP contribution in [0.15, 0.2) is 0 Å². The first-order valence-electron chi connectivity index (χ1n) is 1.55. The largest absolute Gasteiger partial charge is 0.361 e. The first-order valence-corrected chi connectivity index (χ1v) is 1.55.